The van der Waals surface area contributed by atoms with Crippen LogP contribution in [0.3, 0.4) is 0 Å². The van der Waals surface area contributed by atoms with Crippen LogP contribution in [0.2, 0.25) is 0 Å². The van der Waals surface area contributed by atoms with E-state index in [2.05, 4.69) is 255 Å². The summed E-state index contributed by atoms with van der Waals surface area (Å²) in [6.07, 6.45) is 16.4. The number of ether oxygens (including phenoxy) is 4. The Bertz CT molecular complexity index is 3240. The number of aliphatic hydroxyl groups excluding tert-OH is 5. The summed E-state index contributed by atoms with van der Waals surface area (Å²) >= 11 is 44.5. The van der Waals surface area contributed by atoms with E-state index in [0.717, 1.165) is 95.3 Å². The van der Waals surface area contributed by atoms with Gasteiger partial charge in [-0.3, -0.25) is 29.2 Å². The zero-order valence-corrected chi connectivity index (χ0v) is 103. The molecule has 0 bridgehead atoms. The molecular formula is C89H164AlBr5Cl3LiN7Na2O13PS12. The Morgan fingerprint density at radius 1 is 0.530 bits per heavy atom. The monoisotopic (exact) mass is 2530 g/mol. The van der Waals surface area contributed by atoms with Crippen molar-refractivity contribution < 1.29 is 84.6 Å². The molecule has 4 aliphatic rings. The van der Waals surface area contributed by atoms with Gasteiger partial charge in [0.1, 0.15) is 4.03 Å². The molecule has 4 aliphatic heterocycles. The molecule has 5 aromatic carbocycles. The maximum Gasteiger partial charge on any atom is 0.0233 e. The summed E-state index contributed by atoms with van der Waals surface area (Å²) in [4.78, 5) is 41.7. The average molecular weight is 2540 g/mol. The van der Waals surface area contributed by atoms with E-state index in [1.807, 2.05) is 83.8 Å². The topological polar surface area (TPSA) is 284 Å². The van der Waals surface area contributed by atoms with Gasteiger partial charge >= 0.3 is 80.4 Å². The van der Waals surface area contributed by atoms with Crippen LogP contribution < -0.4 is 35.2 Å². The van der Waals surface area contributed by atoms with Gasteiger partial charge in [-0.05, 0) is 245 Å². The molecule has 0 unspecified atom stereocenters. The number of thioether (sulfide) groups is 3. The molecule has 11 N–H and O–H groups in total. The summed E-state index contributed by atoms with van der Waals surface area (Å²) in [6.45, 7) is 24.6. The largest absolute Gasteiger partial charge is 0.299 e. The molecule has 45 heteroatoms. The van der Waals surface area contributed by atoms with E-state index in [-0.39, 0.29) is 119 Å². The molecule has 0 amide bonds. The minimum absolute atomic E-state index is 0. The summed E-state index contributed by atoms with van der Waals surface area (Å²) in [7, 11) is 17.0. The van der Waals surface area contributed by atoms with Gasteiger partial charge in [-0.15, -0.1) is 35.6 Å². The number of alkyl halides is 4. The second kappa shape index (κ2) is 149. The molecule has 4 heterocycles. The van der Waals surface area contributed by atoms with E-state index >= 15 is 0 Å². The van der Waals surface area contributed by atoms with E-state index in [9.17, 15) is 14.4 Å². The van der Waals surface area contributed by atoms with Crippen molar-refractivity contribution in [2.75, 3.05) is 198 Å². The predicted octanol–water partition coefficient (Wildman–Crippen LogP) is 15.1. The molecule has 772 valence electrons. The number of benzene rings is 5. The first-order valence-corrected chi connectivity index (χ1v) is 74.9. The van der Waals surface area contributed by atoms with Gasteiger partial charge in [0.15, 0.2) is 17.4 Å². The summed E-state index contributed by atoms with van der Waals surface area (Å²) < 4.78 is 18.2. The van der Waals surface area contributed by atoms with Gasteiger partial charge in [-0.2, -0.15) is 35.3 Å². The minimum atomic E-state index is -0.394. The minimum Gasteiger partial charge on any atom is -0.299 e. The molecule has 4 saturated heterocycles. The normalized spacial score (nSPS) is 12.1. The first-order chi connectivity index (χ1) is 62.0. The molecule has 5 aromatic rings. The third-order valence-corrected chi connectivity index (χ3v) is 33.7. The van der Waals surface area contributed by atoms with Gasteiger partial charge < -0.3 is 67.8 Å². The van der Waals surface area contributed by atoms with Gasteiger partial charge in [0.25, 0.3) is 0 Å². The van der Waals surface area contributed by atoms with Crippen LogP contribution >= 0.6 is 153 Å². The quantitative estimate of drug-likeness (QED) is 0.00577. The van der Waals surface area contributed by atoms with E-state index < -0.39 is 5.97 Å². The molecule has 9 rings (SSSR count). The number of hydrogen-bond acceptors (Lipinski definition) is 24. The number of halogens is 8. The van der Waals surface area contributed by atoms with Crippen LogP contribution in [0, 0.1) is 0 Å². The first-order valence-electron chi connectivity index (χ1n) is 42.1. The molecule has 20 nitrogen and oxygen atoms in total. The van der Waals surface area contributed by atoms with Gasteiger partial charge in [0, 0.05) is 207 Å². The van der Waals surface area contributed by atoms with Gasteiger partial charge in [-0.25, -0.2) is 4.79 Å². The first kappa shape index (κ1) is 168. The molecule has 0 spiro atoms. The zero-order valence-electron chi connectivity index (χ0n) is 78.9. The molecule has 0 aliphatic carbocycles. The van der Waals surface area contributed by atoms with E-state index in [0.29, 0.717) is 39.0 Å². The van der Waals surface area contributed by atoms with Crippen LogP contribution in [0.4, 0.5) is 0 Å². The fraction of sp³-hybridized carbons (Fsp3) is 0.607. The van der Waals surface area contributed by atoms with Crippen molar-refractivity contribution in [2.24, 2.45) is 5.73 Å². The predicted molar refractivity (Wildman–Crippen MR) is 642 cm³/mol. The van der Waals surface area contributed by atoms with Crippen LogP contribution in [-0.4, -0.2) is 327 Å². The van der Waals surface area contributed by atoms with E-state index in [1.54, 1.807) is 51.3 Å². The van der Waals surface area contributed by atoms with Gasteiger partial charge in [0.2, 0.25) is 0 Å². The standard InChI is InChI=1S/C15H21NO4.C13H19Br2N.C13H21NO2.C13H19NS.C7H9N.2C6H13NS.C4H6O2.C4H8O.C2H6O.CH2Cl2.2CH4O.3CH4.Al.Br3P.ClH.Li.2Na.H2O.S9.4H/c1-19-14(17)8-10-16(11-9-15(18)20-2)12-13-6-4-3-5-7-13;14-8-4-10-16(11-5-9-15)12-13-6-2-1-3-7-13;15-10-4-8-14(9-5-11-16)12-13-6-2-1-3-7-13;1-2-6-13(7-3-1)12-14-8-4-10-15-11-5-9-14;8-6-7-4-2-1-3-5-7;2*1-3-7-4-2-6-8-5-1;1-3-4(5)6-2;1-2-4-5-3-1;1-2-3;2-1-3;2*1-2;;;;;1-4(2)3;;;;;;1-3-5-7-9-8-6-4-2;;;;/h3-7H,8-12H2,1-2H3;1-3,6-7H,4-5,8-12H2;1-3,6-7,15-16H,4-5,8-12H2;1-3,6-7H,4-5,8-12H2;1-5H,6,8H2;2*7H,1-6H2;3H,1H2,2H3;1-4H2;3H,2H2,1H3;1H2;2*2H,1H3;3*1H4;;;1H;;;;1H2;;;;;/q;;;;;;;;;;;;;;;;;;;+1;;;;;;;;-1. The summed E-state index contributed by atoms with van der Waals surface area (Å²) in [5, 5.41) is 48.4. The van der Waals surface area contributed by atoms with E-state index in [1.165, 1.54) is 256 Å². The van der Waals surface area contributed by atoms with Crippen LogP contribution in [-0.2, 0) is 151 Å². The van der Waals surface area contributed by atoms with Crippen LogP contribution in [0.5, 0.6) is 0 Å². The molecule has 0 radical (unpaired) electrons. The Morgan fingerprint density at radius 3 is 1.03 bits per heavy atom. The number of nitrogens with zero attached hydrogens (tertiary/aromatic N) is 4. The molecule has 0 aromatic heterocycles. The molecule has 0 atom stereocenters. The number of carbonyl (C=O) groups excluding carboxylic acids is 3. The summed E-state index contributed by atoms with van der Waals surface area (Å²) in [5.74, 6) is 7.20. The fourth-order valence-corrected chi connectivity index (χ4v) is 27.0. The molecule has 134 heavy (non-hydrogen) atoms. The Morgan fingerprint density at radius 2 is 0.799 bits per heavy atom. The Labute approximate surface area is 965 Å². The summed E-state index contributed by atoms with van der Waals surface area (Å²) in [6, 6.07) is 51.7. The van der Waals surface area contributed by atoms with Gasteiger partial charge in [0.05, 0.1) is 39.5 Å². The number of hydrogen-bond donors (Lipinski definition) is 8. The second-order valence-electron chi connectivity index (χ2n) is 25.2. The van der Waals surface area contributed by atoms with Gasteiger partial charge in [-0.1, -0.05) is 212 Å². The second-order valence-corrected chi connectivity index (χ2v) is 59.0. The molecular weight excluding hydrogens is 2380 g/mol. The smallest absolute Gasteiger partial charge is 0.0233 e. The SMILES string of the molecule is BrCCCN(CCCBr)Cc1ccccc1.BrP(Br)Br.C.C.C.C1CCOC1.C1CNCCCSC1.C1CNCCCSC1.C=CC(=O)OC.CCO.CO.CO.COC(=O)CCN(CCC(=O)OC)Cc1ccccc1.Cl.ClCCl.NCc1ccccc1.O.OCCCN(CCCO)Cc1ccccc1.S=S=S=S=S=S=S=S=S.[AlH3].[H-].[Li+].[Na][Na].c1ccc(CN2CCCSCCC2)cc1. The van der Waals surface area contributed by atoms with Crippen molar-refractivity contribution >= 4 is 317 Å². The number of methoxy groups -OCH3 is 3. The maximum atomic E-state index is 11.2. The number of rotatable bonds is 28. The van der Waals surface area contributed by atoms with Crippen LogP contribution in [0.15, 0.2) is 164 Å². The number of nitrogens with one attached hydrogen (secondary N) is 2. The number of nitrogens with two attached hydrogens (primary N) is 1. The number of aliphatic hydroxyl groups is 5. The van der Waals surface area contributed by atoms with Crippen LogP contribution in [0.1, 0.15) is 148 Å². The average Bonchev–Trinajstić information content (AvgIpc) is 1.33. The Balaban J connectivity index is -0.0000000906. The van der Waals surface area contributed by atoms with Crippen molar-refractivity contribution in [3.63, 3.8) is 0 Å². The zero-order chi connectivity index (χ0) is 96.0. The van der Waals surface area contributed by atoms with Crippen molar-refractivity contribution in [3.8, 4) is 0 Å². The third-order valence-electron chi connectivity index (χ3n) is 15.7. The van der Waals surface area contributed by atoms with Crippen molar-refractivity contribution in [1.29, 1.82) is 0 Å². The maximum absolute atomic E-state index is 11.2. The van der Waals surface area contributed by atoms with E-state index in [4.69, 9.17) is 59.2 Å². The van der Waals surface area contributed by atoms with Crippen LogP contribution in [0.25, 0.3) is 0 Å². The number of carbonyl (C=O) groups is 3. The molecule has 0 saturated carbocycles. The van der Waals surface area contributed by atoms with Crippen molar-refractivity contribution in [2.45, 2.75) is 152 Å². The number of esters is 3. The van der Waals surface area contributed by atoms with Crippen molar-refractivity contribution in [1.82, 2.24) is 30.2 Å². The Hall–Kier alpha value is 3.55. The molecule has 4 fully saturated rings. The summed E-state index contributed by atoms with van der Waals surface area (Å²) in [5.41, 5.74) is 11.8. The Kier molecular flexibility index (Phi) is 187. The third kappa shape index (κ3) is 140. The fourth-order valence-electron chi connectivity index (χ4n) is 10.1. The van der Waals surface area contributed by atoms with Crippen molar-refractivity contribution in [3.05, 3.63) is 192 Å².